The Hall–Kier alpha value is -2.71. The molecule has 0 aliphatic carbocycles. The molecule has 0 fully saturated rings. The smallest absolute Gasteiger partial charge is 0.303 e. The van der Waals surface area contributed by atoms with Gasteiger partial charge in [0.1, 0.15) is 5.75 Å². The van der Waals surface area contributed by atoms with Crippen molar-refractivity contribution >= 4 is 28.6 Å². The maximum absolute atomic E-state index is 12.2. The van der Waals surface area contributed by atoms with Crippen molar-refractivity contribution in [2.45, 2.75) is 17.7 Å². The van der Waals surface area contributed by atoms with E-state index < -0.39 is 23.0 Å². The number of phenolic OH excluding ortho intramolecular Hbond substituents is 1. The SMILES string of the molecule is O=C(O)CCc1ccc(S(=O)O)c(NC(=O)c2ccccc2O)c1. The molecule has 0 saturated heterocycles. The van der Waals surface area contributed by atoms with Crippen molar-refractivity contribution in [1.29, 1.82) is 0 Å². The highest BCUT2D eigenvalue weighted by Gasteiger charge is 2.15. The Morgan fingerprint density at radius 3 is 2.46 bits per heavy atom. The summed E-state index contributed by atoms with van der Waals surface area (Å²) in [5, 5.41) is 20.9. The van der Waals surface area contributed by atoms with Gasteiger partial charge in [-0.1, -0.05) is 18.2 Å². The lowest BCUT2D eigenvalue weighted by Gasteiger charge is -2.11. The molecule has 126 valence electrons. The molecular formula is C16H15NO6S. The zero-order valence-electron chi connectivity index (χ0n) is 12.4. The second-order valence-corrected chi connectivity index (χ2v) is 5.88. The molecule has 7 nitrogen and oxygen atoms in total. The zero-order valence-corrected chi connectivity index (χ0v) is 13.2. The Morgan fingerprint density at radius 1 is 1.12 bits per heavy atom. The van der Waals surface area contributed by atoms with Crippen LogP contribution in [-0.4, -0.2) is 30.9 Å². The summed E-state index contributed by atoms with van der Waals surface area (Å²) in [6, 6.07) is 10.2. The summed E-state index contributed by atoms with van der Waals surface area (Å²) in [5.41, 5.74) is 0.703. The van der Waals surface area contributed by atoms with Crippen molar-refractivity contribution in [3.05, 3.63) is 53.6 Å². The van der Waals surface area contributed by atoms with Crippen LogP contribution in [0.15, 0.2) is 47.4 Å². The van der Waals surface area contributed by atoms with E-state index in [9.17, 15) is 23.5 Å². The fraction of sp³-hybridized carbons (Fsp3) is 0.125. The number of carboxylic acids is 1. The normalized spacial score (nSPS) is 11.7. The number of anilines is 1. The van der Waals surface area contributed by atoms with E-state index >= 15 is 0 Å². The van der Waals surface area contributed by atoms with Gasteiger partial charge >= 0.3 is 5.97 Å². The van der Waals surface area contributed by atoms with Crippen molar-refractivity contribution in [3.63, 3.8) is 0 Å². The van der Waals surface area contributed by atoms with Gasteiger partial charge in [-0.3, -0.25) is 9.59 Å². The maximum Gasteiger partial charge on any atom is 0.303 e. The Bertz CT molecular complexity index is 805. The fourth-order valence-electron chi connectivity index (χ4n) is 2.09. The number of nitrogens with one attached hydrogen (secondary N) is 1. The first-order valence-electron chi connectivity index (χ1n) is 6.93. The molecule has 0 aromatic heterocycles. The van der Waals surface area contributed by atoms with Crippen LogP contribution in [0, 0.1) is 0 Å². The number of para-hydroxylation sites is 1. The summed E-state index contributed by atoms with van der Waals surface area (Å²) in [4.78, 5) is 22.9. The van der Waals surface area contributed by atoms with E-state index in [-0.39, 0.29) is 34.7 Å². The molecule has 2 aromatic rings. The summed E-state index contributed by atoms with van der Waals surface area (Å²) in [6.07, 6.45) is 0.113. The molecule has 0 aliphatic rings. The summed E-state index contributed by atoms with van der Waals surface area (Å²) < 4.78 is 20.7. The van der Waals surface area contributed by atoms with Gasteiger partial charge in [-0.2, -0.15) is 0 Å². The van der Waals surface area contributed by atoms with Crippen LogP contribution in [0.5, 0.6) is 5.75 Å². The van der Waals surface area contributed by atoms with Gasteiger partial charge in [0.25, 0.3) is 5.91 Å². The van der Waals surface area contributed by atoms with E-state index in [0.717, 1.165) is 0 Å². The third-order valence-electron chi connectivity index (χ3n) is 3.26. The summed E-state index contributed by atoms with van der Waals surface area (Å²) in [6.45, 7) is 0. The molecule has 0 heterocycles. The summed E-state index contributed by atoms with van der Waals surface area (Å²) in [7, 11) is 0. The van der Waals surface area contributed by atoms with Gasteiger partial charge in [0, 0.05) is 6.42 Å². The van der Waals surface area contributed by atoms with E-state index in [1.807, 2.05) is 0 Å². The average molecular weight is 349 g/mol. The van der Waals surface area contributed by atoms with Crippen LogP contribution in [0.4, 0.5) is 5.69 Å². The highest BCUT2D eigenvalue weighted by Crippen LogP contribution is 2.24. The second kappa shape index (κ2) is 7.71. The van der Waals surface area contributed by atoms with Gasteiger partial charge in [0.2, 0.25) is 0 Å². The largest absolute Gasteiger partial charge is 0.507 e. The van der Waals surface area contributed by atoms with Crippen molar-refractivity contribution in [2.75, 3.05) is 5.32 Å². The molecule has 1 amide bonds. The van der Waals surface area contributed by atoms with Crippen LogP contribution in [0.3, 0.4) is 0 Å². The Kier molecular flexibility index (Phi) is 5.67. The number of rotatable bonds is 6. The molecule has 24 heavy (non-hydrogen) atoms. The number of hydrogen-bond acceptors (Lipinski definition) is 4. The van der Waals surface area contributed by atoms with Gasteiger partial charge in [-0.05, 0) is 36.2 Å². The van der Waals surface area contributed by atoms with Crippen LogP contribution < -0.4 is 5.32 Å². The number of aromatic hydroxyl groups is 1. The van der Waals surface area contributed by atoms with Gasteiger partial charge in [-0.25, -0.2) is 4.21 Å². The monoisotopic (exact) mass is 349 g/mol. The molecule has 0 bridgehead atoms. The van der Waals surface area contributed by atoms with Crippen LogP contribution in [0.1, 0.15) is 22.3 Å². The molecule has 1 unspecified atom stereocenters. The molecule has 1 atom stereocenters. The maximum atomic E-state index is 12.2. The number of benzene rings is 2. The fourth-order valence-corrected chi connectivity index (χ4v) is 2.57. The zero-order chi connectivity index (χ0) is 17.7. The average Bonchev–Trinajstić information content (AvgIpc) is 2.53. The van der Waals surface area contributed by atoms with Crippen LogP contribution in [0.2, 0.25) is 0 Å². The lowest BCUT2D eigenvalue weighted by molar-refractivity contribution is -0.136. The van der Waals surface area contributed by atoms with E-state index in [2.05, 4.69) is 5.32 Å². The number of carbonyl (C=O) groups is 2. The van der Waals surface area contributed by atoms with Crippen LogP contribution in [0.25, 0.3) is 0 Å². The first-order valence-corrected chi connectivity index (χ1v) is 8.04. The molecule has 0 radical (unpaired) electrons. The molecular weight excluding hydrogens is 334 g/mol. The topological polar surface area (TPSA) is 124 Å². The number of carboxylic acid groups (broad SMARTS) is 1. The number of phenols is 1. The quantitative estimate of drug-likeness (QED) is 0.593. The number of carbonyl (C=O) groups excluding carboxylic acids is 1. The van der Waals surface area contributed by atoms with Gasteiger partial charge < -0.3 is 20.1 Å². The van der Waals surface area contributed by atoms with E-state index in [1.54, 1.807) is 12.1 Å². The standard InChI is InChI=1S/C16H15NO6S/c18-13-4-2-1-3-11(13)16(21)17-12-9-10(6-8-15(19)20)5-7-14(12)24(22)23/h1-5,7,9,18H,6,8H2,(H,17,21)(H,19,20)(H,22,23). The van der Waals surface area contributed by atoms with Crippen molar-refractivity contribution < 1.29 is 28.6 Å². The minimum Gasteiger partial charge on any atom is -0.507 e. The highest BCUT2D eigenvalue weighted by atomic mass is 32.2. The summed E-state index contributed by atoms with van der Waals surface area (Å²) in [5.74, 6) is -1.83. The minimum absolute atomic E-state index is 0.0159. The van der Waals surface area contributed by atoms with Crippen LogP contribution >= 0.6 is 0 Å². The Labute approximate surface area is 140 Å². The number of aryl methyl sites for hydroxylation is 1. The number of hydrogen-bond donors (Lipinski definition) is 4. The van der Waals surface area contributed by atoms with E-state index in [0.29, 0.717) is 5.56 Å². The van der Waals surface area contributed by atoms with Gasteiger partial charge in [0.15, 0.2) is 11.1 Å². The van der Waals surface area contributed by atoms with Gasteiger partial charge in [-0.15, -0.1) is 0 Å². The predicted molar refractivity (Wildman–Crippen MR) is 87.5 cm³/mol. The first kappa shape index (κ1) is 17.6. The molecule has 0 spiro atoms. The number of aliphatic carboxylic acids is 1. The second-order valence-electron chi connectivity index (χ2n) is 4.94. The molecule has 0 aliphatic heterocycles. The van der Waals surface area contributed by atoms with Crippen LogP contribution in [-0.2, 0) is 22.3 Å². The lowest BCUT2D eigenvalue weighted by Crippen LogP contribution is -2.14. The first-order chi connectivity index (χ1) is 11.4. The van der Waals surface area contributed by atoms with Crippen molar-refractivity contribution in [1.82, 2.24) is 0 Å². The lowest BCUT2D eigenvalue weighted by atomic mass is 10.1. The van der Waals surface area contributed by atoms with Crippen molar-refractivity contribution in [3.8, 4) is 5.75 Å². The highest BCUT2D eigenvalue weighted by molar-refractivity contribution is 7.79. The Morgan fingerprint density at radius 2 is 1.83 bits per heavy atom. The molecule has 8 heteroatoms. The molecule has 2 rings (SSSR count). The van der Waals surface area contributed by atoms with Crippen molar-refractivity contribution in [2.24, 2.45) is 0 Å². The predicted octanol–water partition coefficient (Wildman–Crippen LogP) is 2.24. The third kappa shape index (κ3) is 4.40. The molecule has 0 saturated carbocycles. The summed E-state index contributed by atoms with van der Waals surface area (Å²) >= 11 is -2.33. The molecule has 2 aromatic carbocycles. The van der Waals surface area contributed by atoms with E-state index in [4.69, 9.17) is 5.11 Å². The Balaban J connectivity index is 2.30. The number of amides is 1. The van der Waals surface area contributed by atoms with E-state index in [1.165, 1.54) is 30.3 Å². The third-order valence-corrected chi connectivity index (χ3v) is 3.99. The van der Waals surface area contributed by atoms with Gasteiger partial charge in [0.05, 0.1) is 16.1 Å². The minimum atomic E-state index is -2.33. The molecule has 4 N–H and O–H groups in total.